The first-order valence-electron chi connectivity index (χ1n) is 6.05. The van der Waals surface area contributed by atoms with Crippen LogP contribution in [0.1, 0.15) is 31.6 Å². The third-order valence-electron chi connectivity index (χ3n) is 3.27. The van der Waals surface area contributed by atoms with E-state index in [-0.39, 0.29) is 0 Å². The number of imidazole rings is 1. The third-order valence-corrected chi connectivity index (χ3v) is 3.27. The van der Waals surface area contributed by atoms with Crippen molar-refractivity contribution >= 4 is 0 Å². The van der Waals surface area contributed by atoms with Crippen LogP contribution in [0.2, 0.25) is 0 Å². The van der Waals surface area contributed by atoms with Crippen molar-refractivity contribution in [1.82, 2.24) is 14.9 Å². The molecule has 2 atom stereocenters. The Hall–Kier alpha value is -0.870. The van der Waals surface area contributed by atoms with Crippen molar-refractivity contribution in [1.29, 1.82) is 0 Å². The largest absolute Gasteiger partial charge is 0.381 e. The maximum absolute atomic E-state index is 5.36. The fraction of sp³-hybridized carbons (Fsp3) is 0.750. The summed E-state index contributed by atoms with van der Waals surface area (Å²) in [5, 5.41) is 3.51. The van der Waals surface area contributed by atoms with Crippen molar-refractivity contribution < 1.29 is 4.74 Å². The van der Waals surface area contributed by atoms with Crippen molar-refractivity contribution in [2.45, 2.75) is 25.8 Å². The van der Waals surface area contributed by atoms with Crippen LogP contribution in [0, 0.1) is 5.92 Å². The van der Waals surface area contributed by atoms with Gasteiger partial charge in [0.2, 0.25) is 0 Å². The van der Waals surface area contributed by atoms with Crippen molar-refractivity contribution in [2.75, 3.05) is 19.8 Å². The minimum Gasteiger partial charge on any atom is -0.381 e. The topological polar surface area (TPSA) is 39.1 Å². The van der Waals surface area contributed by atoms with Gasteiger partial charge in [-0.2, -0.15) is 0 Å². The molecule has 0 amide bonds. The van der Waals surface area contributed by atoms with Crippen LogP contribution >= 0.6 is 0 Å². The minimum atomic E-state index is 0.322. The van der Waals surface area contributed by atoms with Gasteiger partial charge in [0.25, 0.3) is 0 Å². The molecule has 0 radical (unpaired) electrons. The Balaban J connectivity index is 1.71. The zero-order valence-corrected chi connectivity index (χ0v) is 10.1. The second kappa shape index (κ2) is 5.46. The molecule has 2 unspecified atom stereocenters. The van der Waals surface area contributed by atoms with Gasteiger partial charge >= 0.3 is 0 Å². The first-order chi connectivity index (χ1) is 7.77. The van der Waals surface area contributed by atoms with Gasteiger partial charge in [0.15, 0.2) is 0 Å². The standard InChI is InChI=1S/C12H21N3O/c1-10(12-14-6-7-15(12)2)13-5-3-11-4-8-16-9-11/h6-7,10-11,13H,3-5,8-9H2,1-2H3. The fourth-order valence-electron chi connectivity index (χ4n) is 2.20. The quantitative estimate of drug-likeness (QED) is 0.822. The molecule has 1 aromatic rings. The Morgan fingerprint density at radius 2 is 2.56 bits per heavy atom. The van der Waals surface area contributed by atoms with Crippen LogP contribution in [-0.4, -0.2) is 29.3 Å². The average Bonchev–Trinajstić information content (AvgIpc) is 2.88. The monoisotopic (exact) mass is 223 g/mol. The van der Waals surface area contributed by atoms with E-state index in [1.165, 1.54) is 12.8 Å². The molecule has 4 heteroatoms. The molecule has 2 heterocycles. The predicted molar refractivity (Wildman–Crippen MR) is 63.2 cm³/mol. The molecule has 0 saturated carbocycles. The molecule has 0 spiro atoms. The van der Waals surface area contributed by atoms with Crippen LogP contribution in [0.5, 0.6) is 0 Å². The predicted octanol–water partition coefficient (Wildman–Crippen LogP) is 1.50. The Kier molecular flexibility index (Phi) is 3.96. The van der Waals surface area contributed by atoms with Gasteiger partial charge in [0.05, 0.1) is 6.04 Å². The summed E-state index contributed by atoms with van der Waals surface area (Å²) in [6.07, 6.45) is 6.25. The lowest BCUT2D eigenvalue weighted by atomic mass is 10.1. The lowest BCUT2D eigenvalue weighted by Gasteiger charge is -2.15. The third kappa shape index (κ3) is 2.83. The lowest BCUT2D eigenvalue weighted by Crippen LogP contribution is -2.24. The molecule has 1 aliphatic rings. The van der Waals surface area contributed by atoms with E-state index < -0.39 is 0 Å². The van der Waals surface area contributed by atoms with E-state index in [0.29, 0.717) is 6.04 Å². The Bertz CT molecular complexity index is 318. The number of hydrogen-bond acceptors (Lipinski definition) is 3. The van der Waals surface area contributed by atoms with E-state index in [4.69, 9.17) is 4.74 Å². The van der Waals surface area contributed by atoms with Gasteiger partial charge in [-0.1, -0.05) is 0 Å². The summed E-state index contributed by atoms with van der Waals surface area (Å²) in [7, 11) is 2.03. The van der Waals surface area contributed by atoms with Crippen LogP contribution < -0.4 is 5.32 Å². The number of ether oxygens (including phenoxy) is 1. The number of hydrogen-bond donors (Lipinski definition) is 1. The molecule has 0 aromatic carbocycles. The summed E-state index contributed by atoms with van der Waals surface area (Å²) in [5.41, 5.74) is 0. The molecule has 1 aromatic heterocycles. The number of rotatable bonds is 5. The van der Waals surface area contributed by atoms with Gasteiger partial charge in [-0.15, -0.1) is 0 Å². The first kappa shape index (κ1) is 11.6. The highest BCUT2D eigenvalue weighted by atomic mass is 16.5. The highest BCUT2D eigenvalue weighted by molar-refractivity contribution is 4.96. The van der Waals surface area contributed by atoms with E-state index in [1.54, 1.807) is 0 Å². The number of nitrogens with zero attached hydrogens (tertiary/aromatic N) is 2. The summed E-state index contributed by atoms with van der Waals surface area (Å²) in [6, 6.07) is 0.322. The molecule has 1 saturated heterocycles. The van der Waals surface area contributed by atoms with E-state index in [1.807, 2.05) is 19.4 Å². The van der Waals surface area contributed by atoms with E-state index in [0.717, 1.165) is 31.5 Å². The minimum absolute atomic E-state index is 0.322. The molecule has 4 nitrogen and oxygen atoms in total. The number of aromatic nitrogens is 2. The van der Waals surface area contributed by atoms with Gasteiger partial charge in [0, 0.05) is 32.7 Å². The number of aryl methyl sites for hydroxylation is 1. The van der Waals surface area contributed by atoms with Gasteiger partial charge < -0.3 is 14.6 Å². The Morgan fingerprint density at radius 1 is 1.69 bits per heavy atom. The average molecular weight is 223 g/mol. The summed E-state index contributed by atoms with van der Waals surface area (Å²) in [4.78, 5) is 4.34. The zero-order valence-electron chi connectivity index (χ0n) is 10.1. The molecular weight excluding hydrogens is 202 g/mol. The Morgan fingerprint density at radius 3 is 3.19 bits per heavy atom. The SMILES string of the molecule is CC(NCCC1CCOC1)c1nccn1C. The summed E-state index contributed by atoms with van der Waals surface area (Å²) in [5.74, 6) is 1.85. The summed E-state index contributed by atoms with van der Waals surface area (Å²) >= 11 is 0. The van der Waals surface area contributed by atoms with Crippen molar-refractivity contribution in [3.63, 3.8) is 0 Å². The van der Waals surface area contributed by atoms with Crippen LogP contribution in [0.4, 0.5) is 0 Å². The molecule has 0 bridgehead atoms. The highest BCUT2D eigenvalue weighted by Gasteiger charge is 2.16. The summed E-state index contributed by atoms with van der Waals surface area (Å²) in [6.45, 7) is 5.09. The van der Waals surface area contributed by atoms with Crippen molar-refractivity contribution in [2.24, 2.45) is 13.0 Å². The molecule has 90 valence electrons. The second-order valence-electron chi connectivity index (χ2n) is 4.59. The fourth-order valence-corrected chi connectivity index (χ4v) is 2.20. The zero-order chi connectivity index (χ0) is 11.4. The molecule has 1 fully saturated rings. The molecule has 16 heavy (non-hydrogen) atoms. The van der Waals surface area contributed by atoms with Crippen LogP contribution in [0.3, 0.4) is 0 Å². The molecule has 1 N–H and O–H groups in total. The second-order valence-corrected chi connectivity index (χ2v) is 4.59. The highest BCUT2D eigenvalue weighted by Crippen LogP contribution is 2.16. The molecule has 1 aliphatic heterocycles. The van der Waals surface area contributed by atoms with E-state index in [2.05, 4.69) is 21.8 Å². The Labute approximate surface area is 97.0 Å². The van der Waals surface area contributed by atoms with Crippen LogP contribution in [0.25, 0.3) is 0 Å². The maximum atomic E-state index is 5.36. The smallest absolute Gasteiger partial charge is 0.125 e. The normalized spacial score (nSPS) is 22.5. The van der Waals surface area contributed by atoms with E-state index in [9.17, 15) is 0 Å². The van der Waals surface area contributed by atoms with Crippen molar-refractivity contribution in [3.8, 4) is 0 Å². The van der Waals surface area contributed by atoms with Gasteiger partial charge in [-0.25, -0.2) is 4.98 Å². The molecule has 2 rings (SSSR count). The van der Waals surface area contributed by atoms with Gasteiger partial charge in [0.1, 0.15) is 5.82 Å². The molecular formula is C12H21N3O. The first-order valence-corrected chi connectivity index (χ1v) is 6.05. The maximum Gasteiger partial charge on any atom is 0.125 e. The van der Waals surface area contributed by atoms with Gasteiger partial charge in [-0.05, 0) is 32.2 Å². The molecule has 0 aliphatic carbocycles. The van der Waals surface area contributed by atoms with Crippen LogP contribution in [0.15, 0.2) is 12.4 Å². The lowest BCUT2D eigenvalue weighted by molar-refractivity contribution is 0.184. The van der Waals surface area contributed by atoms with Crippen molar-refractivity contribution in [3.05, 3.63) is 18.2 Å². The van der Waals surface area contributed by atoms with E-state index >= 15 is 0 Å². The van der Waals surface area contributed by atoms with Crippen LogP contribution in [-0.2, 0) is 11.8 Å². The number of nitrogens with one attached hydrogen (secondary N) is 1. The van der Waals surface area contributed by atoms with Gasteiger partial charge in [-0.3, -0.25) is 0 Å². The summed E-state index contributed by atoms with van der Waals surface area (Å²) < 4.78 is 7.43.